The van der Waals surface area contributed by atoms with Crippen molar-refractivity contribution >= 4 is 21.4 Å². The Hall–Kier alpha value is -2.71. The average molecular weight is 427 g/mol. The first kappa shape index (κ1) is 20.0. The Labute approximate surface area is 164 Å². The van der Waals surface area contributed by atoms with E-state index in [4.69, 9.17) is 20.8 Å². The molecule has 28 heavy (non-hydrogen) atoms. The van der Waals surface area contributed by atoms with Crippen molar-refractivity contribution in [1.82, 2.24) is 0 Å². The molecule has 0 saturated carbocycles. The van der Waals surface area contributed by atoms with Crippen LogP contribution in [0.3, 0.4) is 0 Å². The van der Waals surface area contributed by atoms with Gasteiger partial charge in [0, 0.05) is 17.9 Å². The van der Waals surface area contributed by atoms with Crippen molar-refractivity contribution in [2.24, 2.45) is 0 Å². The van der Waals surface area contributed by atoms with Gasteiger partial charge in [0.15, 0.2) is 27.2 Å². The first-order chi connectivity index (χ1) is 13.1. The van der Waals surface area contributed by atoms with Crippen LogP contribution in [0.25, 0.3) is 11.3 Å². The summed E-state index contributed by atoms with van der Waals surface area (Å²) in [6.07, 6.45) is 1.06. The van der Waals surface area contributed by atoms with E-state index in [1.54, 1.807) is 0 Å². The molecule has 1 heterocycles. The molecular weight excluding hydrogens is 414 g/mol. The molecule has 0 aliphatic rings. The van der Waals surface area contributed by atoms with Crippen LogP contribution in [0.15, 0.2) is 56.6 Å². The predicted octanol–water partition coefficient (Wildman–Crippen LogP) is 4.74. The third kappa shape index (κ3) is 3.93. The van der Waals surface area contributed by atoms with Gasteiger partial charge in [0.05, 0.1) is 4.90 Å². The Morgan fingerprint density at radius 1 is 1.07 bits per heavy atom. The fourth-order valence-corrected chi connectivity index (χ4v) is 3.17. The Morgan fingerprint density at radius 2 is 1.71 bits per heavy atom. The maximum absolute atomic E-state index is 14.0. The van der Waals surface area contributed by atoms with Gasteiger partial charge in [-0.15, -0.1) is 0 Å². The summed E-state index contributed by atoms with van der Waals surface area (Å²) in [4.78, 5) is 12.6. The summed E-state index contributed by atoms with van der Waals surface area (Å²) >= 11 is 5.94. The van der Waals surface area contributed by atoms with Gasteiger partial charge in [-0.2, -0.15) is 0 Å². The van der Waals surface area contributed by atoms with Crippen molar-refractivity contribution in [2.45, 2.75) is 11.8 Å². The Kier molecular flexibility index (Phi) is 5.27. The number of ether oxygens (including phenoxy) is 1. The summed E-state index contributed by atoms with van der Waals surface area (Å²) in [5.41, 5.74) is -0.446. The maximum Gasteiger partial charge on any atom is 0.246 e. The van der Waals surface area contributed by atoms with Gasteiger partial charge >= 0.3 is 0 Å². The third-order valence-corrected chi connectivity index (χ3v) is 5.39. The van der Waals surface area contributed by atoms with Crippen LogP contribution < -0.4 is 10.2 Å². The highest BCUT2D eigenvalue weighted by Gasteiger charge is 2.21. The fraction of sp³-hybridized carbons (Fsp3) is 0.105. The van der Waals surface area contributed by atoms with E-state index in [1.807, 2.05) is 0 Å². The highest BCUT2D eigenvalue weighted by Crippen LogP contribution is 2.35. The zero-order valence-electron chi connectivity index (χ0n) is 14.6. The van der Waals surface area contributed by atoms with E-state index in [0.29, 0.717) is 11.6 Å². The summed E-state index contributed by atoms with van der Waals surface area (Å²) in [5.74, 6) is -2.61. The number of rotatable bonds is 4. The molecule has 0 bridgehead atoms. The molecule has 3 rings (SSSR count). The van der Waals surface area contributed by atoms with E-state index >= 15 is 0 Å². The quantitative estimate of drug-likeness (QED) is 0.602. The Bertz CT molecular complexity index is 1220. The largest absolute Gasteiger partial charge is 0.456 e. The molecule has 9 heteroatoms. The number of hydrogen-bond acceptors (Lipinski definition) is 5. The van der Waals surface area contributed by atoms with Crippen molar-refractivity contribution in [2.75, 3.05) is 6.26 Å². The summed E-state index contributed by atoms with van der Waals surface area (Å²) in [6, 6.07) is 8.08. The molecule has 0 saturated heterocycles. The molecule has 1 aromatic heterocycles. The zero-order chi connectivity index (χ0) is 20.6. The Morgan fingerprint density at radius 3 is 2.29 bits per heavy atom. The lowest BCUT2D eigenvalue weighted by Gasteiger charge is -2.12. The number of aryl methyl sites for hydroxylation is 1. The lowest BCUT2D eigenvalue weighted by molar-refractivity contribution is 0.412. The summed E-state index contributed by atoms with van der Waals surface area (Å²) in [5, 5.41) is -0.256. The Balaban J connectivity index is 2.17. The van der Waals surface area contributed by atoms with Crippen molar-refractivity contribution in [3.05, 3.63) is 75.1 Å². The van der Waals surface area contributed by atoms with E-state index in [2.05, 4.69) is 0 Å². The minimum absolute atomic E-state index is 0.0660. The van der Waals surface area contributed by atoms with Crippen LogP contribution in [0.4, 0.5) is 8.78 Å². The van der Waals surface area contributed by atoms with Gasteiger partial charge in [-0.1, -0.05) is 11.6 Å². The molecule has 0 N–H and O–H groups in total. The molecule has 0 unspecified atom stereocenters. The van der Waals surface area contributed by atoms with E-state index in [1.165, 1.54) is 31.2 Å². The summed E-state index contributed by atoms with van der Waals surface area (Å²) in [7, 11) is -3.42. The monoisotopic (exact) mass is 426 g/mol. The molecule has 0 spiro atoms. The average Bonchev–Trinajstić information content (AvgIpc) is 2.63. The lowest BCUT2D eigenvalue weighted by Crippen LogP contribution is -2.09. The normalized spacial score (nSPS) is 11.5. The second-order valence-electron chi connectivity index (χ2n) is 5.93. The van der Waals surface area contributed by atoms with Crippen LogP contribution in [-0.4, -0.2) is 14.7 Å². The molecule has 0 aliphatic heterocycles. The van der Waals surface area contributed by atoms with Crippen LogP contribution in [0, 0.1) is 18.6 Å². The minimum atomic E-state index is -3.42. The van der Waals surface area contributed by atoms with Gasteiger partial charge in [0.25, 0.3) is 0 Å². The lowest BCUT2D eigenvalue weighted by atomic mass is 10.1. The first-order valence-corrected chi connectivity index (χ1v) is 10.1. The topological polar surface area (TPSA) is 73.6 Å². The molecule has 0 amide bonds. The van der Waals surface area contributed by atoms with E-state index < -0.39 is 38.4 Å². The van der Waals surface area contributed by atoms with Gasteiger partial charge in [0.1, 0.15) is 16.6 Å². The van der Waals surface area contributed by atoms with E-state index in [0.717, 1.165) is 18.4 Å². The first-order valence-electron chi connectivity index (χ1n) is 7.84. The van der Waals surface area contributed by atoms with Crippen LogP contribution in [0.1, 0.15) is 5.76 Å². The van der Waals surface area contributed by atoms with Gasteiger partial charge < -0.3 is 9.15 Å². The highest BCUT2D eigenvalue weighted by molar-refractivity contribution is 7.90. The molecule has 0 radical (unpaired) electrons. The van der Waals surface area contributed by atoms with Gasteiger partial charge in [-0.05, 0) is 43.3 Å². The van der Waals surface area contributed by atoms with E-state index in [-0.39, 0.29) is 21.4 Å². The molecule has 146 valence electrons. The highest BCUT2D eigenvalue weighted by atomic mass is 35.5. The molecule has 2 aromatic carbocycles. The van der Waals surface area contributed by atoms with Gasteiger partial charge in [0.2, 0.25) is 11.2 Å². The minimum Gasteiger partial charge on any atom is -0.456 e. The standard InChI is InChI=1S/C19H13ClF2O5S/c1-10-16(20)17(23)19(27-15-8-5-12(21)9-14(15)22)18(26-10)11-3-6-13(7-4-11)28(2,24)25/h3-9H,1-2H3. The van der Waals surface area contributed by atoms with Gasteiger partial charge in [-0.25, -0.2) is 17.2 Å². The molecule has 5 nitrogen and oxygen atoms in total. The van der Waals surface area contributed by atoms with Gasteiger partial charge in [-0.3, -0.25) is 4.79 Å². The smallest absolute Gasteiger partial charge is 0.246 e. The molecule has 3 aromatic rings. The fourth-order valence-electron chi connectivity index (χ4n) is 2.41. The van der Waals surface area contributed by atoms with Crippen molar-refractivity contribution < 1.29 is 26.4 Å². The molecule has 0 atom stereocenters. The summed E-state index contributed by atoms with van der Waals surface area (Å²) < 4.78 is 61.2. The van der Waals surface area contributed by atoms with Crippen LogP contribution in [-0.2, 0) is 9.84 Å². The van der Waals surface area contributed by atoms with Crippen LogP contribution >= 0.6 is 11.6 Å². The van der Waals surface area contributed by atoms with Crippen molar-refractivity contribution in [3.63, 3.8) is 0 Å². The summed E-state index contributed by atoms with van der Waals surface area (Å²) in [6.45, 7) is 1.46. The third-order valence-electron chi connectivity index (χ3n) is 3.83. The second-order valence-corrected chi connectivity index (χ2v) is 8.33. The van der Waals surface area contributed by atoms with Crippen molar-refractivity contribution in [1.29, 1.82) is 0 Å². The SMILES string of the molecule is Cc1oc(-c2ccc(S(C)(=O)=O)cc2)c(Oc2ccc(F)cc2F)c(=O)c1Cl. The zero-order valence-corrected chi connectivity index (χ0v) is 16.2. The molecule has 0 fully saturated rings. The maximum atomic E-state index is 14.0. The van der Waals surface area contributed by atoms with Crippen LogP contribution in [0.2, 0.25) is 5.02 Å². The van der Waals surface area contributed by atoms with E-state index in [9.17, 15) is 22.0 Å². The van der Waals surface area contributed by atoms with Crippen molar-refractivity contribution in [3.8, 4) is 22.8 Å². The molecular formula is C19H13ClF2O5S. The predicted molar refractivity (Wildman–Crippen MR) is 99.7 cm³/mol. The number of sulfone groups is 1. The molecule has 0 aliphatic carbocycles. The number of hydrogen-bond donors (Lipinski definition) is 0. The van der Waals surface area contributed by atoms with Crippen LogP contribution in [0.5, 0.6) is 11.5 Å². The number of halogens is 3. The number of benzene rings is 2. The second kappa shape index (κ2) is 7.37.